The molecule has 3 rings (SSSR count). The van der Waals surface area contributed by atoms with Crippen molar-refractivity contribution in [2.24, 2.45) is 0 Å². The van der Waals surface area contributed by atoms with Crippen LogP contribution in [0.5, 0.6) is 5.75 Å². The number of para-hydroxylation sites is 2. The van der Waals surface area contributed by atoms with Crippen molar-refractivity contribution >= 4 is 17.4 Å². The maximum absolute atomic E-state index is 12.3. The van der Waals surface area contributed by atoms with E-state index in [2.05, 4.69) is 20.8 Å². The highest BCUT2D eigenvalue weighted by atomic mass is 16.5. The molecule has 132 valence electrons. The van der Waals surface area contributed by atoms with Gasteiger partial charge in [-0.25, -0.2) is 0 Å². The molecule has 2 N–H and O–H groups in total. The van der Waals surface area contributed by atoms with Crippen LogP contribution in [0.4, 0.5) is 11.5 Å². The van der Waals surface area contributed by atoms with Gasteiger partial charge in [0.05, 0.1) is 7.11 Å². The molecule has 0 aliphatic heterocycles. The van der Waals surface area contributed by atoms with Crippen molar-refractivity contribution in [1.82, 2.24) is 10.2 Å². The number of aryl methyl sites for hydroxylation is 1. The molecule has 0 saturated carbocycles. The normalized spacial score (nSPS) is 10.2. The maximum Gasteiger partial charge on any atom is 0.276 e. The molecule has 0 unspecified atom stereocenters. The number of hydrogen-bond acceptors (Lipinski definition) is 5. The fraction of sp³-hybridized carbons (Fsp3) is 0.150. The van der Waals surface area contributed by atoms with E-state index >= 15 is 0 Å². The number of rotatable bonds is 6. The van der Waals surface area contributed by atoms with Gasteiger partial charge in [0, 0.05) is 17.8 Å². The maximum atomic E-state index is 12.3. The minimum Gasteiger partial charge on any atom is -0.496 e. The van der Waals surface area contributed by atoms with E-state index in [9.17, 15) is 4.79 Å². The van der Waals surface area contributed by atoms with Gasteiger partial charge in [0.15, 0.2) is 5.69 Å². The number of carbonyl (C=O) groups excluding carboxylic acids is 1. The fourth-order valence-electron chi connectivity index (χ4n) is 2.48. The van der Waals surface area contributed by atoms with Crippen LogP contribution in [0.1, 0.15) is 21.6 Å². The summed E-state index contributed by atoms with van der Waals surface area (Å²) in [5.41, 5.74) is 3.02. The van der Waals surface area contributed by atoms with Gasteiger partial charge < -0.3 is 15.4 Å². The van der Waals surface area contributed by atoms with Crippen LogP contribution in [-0.2, 0) is 6.54 Å². The molecule has 0 aliphatic carbocycles. The zero-order chi connectivity index (χ0) is 18.4. The lowest BCUT2D eigenvalue weighted by Gasteiger charge is -2.10. The minimum absolute atomic E-state index is 0.260. The fourth-order valence-corrected chi connectivity index (χ4v) is 2.48. The van der Waals surface area contributed by atoms with Crippen LogP contribution in [0.2, 0.25) is 0 Å². The summed E-state index contributed by atoms with van der Waals surface area (Å²) in [6.07, 6.45) is 0. The van der Waals surface area contributed by atoms with Gasteiger partial charge in [0.25, 0.3) is 5.91 Å². The summed E-state index contributed by atoms with van der Waals surface area (Å²) in [5, 5.41) is 14.1. The van der Waals surface area contributed by atoms with Crippen LogP contribution in [0, 0.1) is 6.92 Å². The molecule has 2 aromatic carbocycles. The first-order valence-electron chi connectivity index (χ1n) is 8.24. The molecule has 0 radical (unpaired) electrons. The number of ether oxygens (including phenoxy) is 1. The summed E-state index contributed by atoms with van der Waals surface area (Å²) >= 11 is 0. The second kappa shape index (κ2) is 8.11. The van der Waals surface area contributed by atoms with Crippen LogP contribution in [-0.4, -0.2) is 23.2 Å². The van der Waals surface area contributed by atoms with Gasteiger partial charge in [0.1, 0.15) is 11.6 Å². The third-order valence-electron chi connectivity index (χ3n) is 3.94. The van der Waals surface area contributed by atoms with E-state index in [1.165, 1.54) is 0 Å². The lowest BCUT2D eigenvalue weighted by molar-refractivity contribution is 0.102. The number of carbonyl (C=O) groups is 1. The van der Waals surface area contributed by atoms with Crippen LogP contribution in [0.3, 0.4) is 0 Å². The second-order valence-electron chi connectivity index (χ2n) is 5.74. The Balaban J connectivity index is 1.63. The van der Waals surface area contributed by atoms with Crippen molar-refractivity contribution in [2.75, 3.05) is 17.7 Å². The summed E-state index contributed by atoms with van der Waals surface area (Å²) < 4.78 is 5.32. The van der Waals surface area contributed by atoms with E-state index in [0.29, 0.717) is 12.4 Å². The van der Waals surface area contributed by atoms with Crippen molar-refractivity contribution in [3.05, 3.63) is 77.5 Å². The number of hydrogen-bond donors (Lipinski definition) is 2. The number of amides is 1. The molecule has 1 heterocycles. The first-order valence-corrected chi connectivity index (χ1v) is 8.24. The molecule has 1 amide bonds. The molecular weight excluding hydrogens is 328 g/mol. The number of nitrogens with one attached hydrogen (secondary N) is 2. The first kappa shape index (κ1) is 17.4. The van der Waals surface area contributed by atoms with E-state index < -0.39 is 0 Å². The highest BCUT2D eigenvalue weighted by Crippen LogP contribution is 2.18. The molecule has 6 nitrogen and oxygen atoms in total. The molecule has 0 spiro atoms. The van der Waals surface area contributed by atoms with Gasteiger partial charge in [-0.05, 0) is 36.8 Å². The zero-order valence-corrected chi connectivity index (χ0v) is 14.7. The molecule has 0 atom stereocenters. The van der Waals surface area contributed by atoms with Gasteiger partial charge in [-0.3, -0.25) is 4.79 Å². The summed E-state index contributed by atoms with van der Waals surface area (Å²) in [4.78, 5) is 12.3. The number of anilines is 2. The van der Waals surface area contributed by atoms with Gasteiger partial charge in [-0.15, -0.1) is 10.2 Å². The number of methoxy groups -OCH3 is 1. The van der Waals surface area contributed by atoms with Crippen LogP contribution in [0.25, 0.3) is 0 Å². The van der Waals surface area contributed by atoms with E-state index in [1.807, 2.05) is 55.5 Å². The highest BCUT2D eigenvalue weighted by molar-refractivity contribution is 6.03. The standard InChI is InChI=1S/C20H20N4O2/c1-14-7-3-5-9-16(14)22-20(25)17-11-12-19(24-23-17)21-13-15-8-4-6-10-18(15)26-2/h3-12H,13H2,1-2H3,(H,21,24)(H,22,25). The molecule has 0 aliphatic rings. The molecular formula is C20H20N4O2. The Morgan fingerprint density at radius 2 is 1.77 bits per heavy atom. The highest BCUT2D eigenvalue weighted by Gasteiger charge is 2.10. The Kier molecular flexibility index (Phi) is 5.43. The summed E-state index contributed by atoms with van der Waals surface area (Å²) in [7, 11) is 1.64. The molecule has 3 aromatic rings. The topological polar surface area (TPSA) is 76.1 Å². The summed E-state index contributed by atoms with van der Waals surface area (Å²) in [5.74, 6) is 1.11. The number of benzene rings is 2. The van der Waals surface area contributed by atoms with Gasteiger partial charge in [0.2, 0.25) is 0 Å². The Bertz CT molecular complexity index is 894. The van der Waals surface area contributed by atoms with Crippen LogP contribution >= 0.6 is 0 Å². The molecule has 6 heteroatoms. The number of nitrogens with zero attached hydrogens (tertiary/aromatic N) is 2. The monoisotopic (exact) mass is 348 g/mol. The van der Waals surface area contributed by atoms with Crippen LogP contribution < -0.4 is 15.4 Å². The smallest absolute Gasteiger partial charge is 0.276 e. The van der Waals surface area contributed by atoms with Crippen molar-refractivity contribution < 1.29 is 9.53 Å². The Morgan fingerprint density at radius 3 is 2.50 bits per heavy atom. The predicted molar refractivity (Wildman–Crippen MR) is 101 cm³/mol. The molecule has 0 fully saturated rings. The molecule has 0 saturated heterocycles. The molecule has 1 aromatic heterocycles. The van der Waals surface area contributed by atoms with Gasteiger partial charge >= 0.3 is 0 Å². The third-order valence-corrected chi connectivity index (χ3v) is 3.94. The largest absolute Gasteiger partial charge is 0.496 e. The van der Waals surface area contributed by atoms with Crippen molar-refractivity contribution in [3.8, 4) is 5.75 Å². The van der Waals surface area contributed by atoms with Gasteiger partial charge in [-0.2, -0.15) is 0 Å². The van der Waals surface area contributed by atoms with Crippen LogP contribution in [0.15, 0.2) is 60.7 Å². The quantitative estimate of drug-likeness (QED) is 0.711. The van der Waals surface area contributed by atoms with Gasteiger partial charge in [-0.1, -0.05) is 36.4 Å². The zero-order valence-electron chi connectivity index (χ0n) is 14.7. The predicted octanol–water partition coefficient (Wildman–Crippen LogP) is 3.66. The van der Waals surface area contributed by atoms with Crippen molar-refractivity contribution in [3.63, 3.8) is 0 Å². The number of aromatic nitrogens is 2. The second-order valence-corrected chi connectivity index (χ2v) is 5.74. The van der Waals surface area contributed by atoms with E-state index in [4.69, 9.17) is 4.74 Å². The van der Waals surface area contributed by atoms with E-state index in [0.717, 1.165) is 22.6 Å². The Morgan fingerprint density at radius 1 is 1.00 bits per heavy atom. The Hall–Kier alpha value is -3.41. The molecule has 0 bridgehead atoms. The SMILES string of the molecule is COc1ccccc1CNc1ccc(C(=O)Nc2ccccc2C)nn1. The summed E-state index contributed by atoms with van der Waals surface area (Å²) in [6, 6.07) is 18.7. The average Bonchev–Trinajstić information content (AvgIpc) is 2.68. The Labute approximate surface area is 152 Å². The van der Waals surface area contributed by atoms with E-state index in [1.54, 1.807) is 19.2 Å². The summed E-state index contributed by atoms with van der Waals surface area (Å²) in [6.45, 7) is 2.49. The minimum atomic E-state index is -0.289. The lowest BCUT2D eigenvalue weighted by atomic mass is 10.2. The van der Waals surface area contributed by atoms with Crippen molar-refractivity contribution in [1.29, 1.82) is 0 Å². The van der Waals surface area contributed by atoms with Crippen molar-refractivity contribution in [2.45, 2.75) is 13.5 Å². The first-order chi connectivity index (χ1) is 12.7. The van der Waals surface area contributed by atoms with E-state index in [-0.39, 0.29) is 11.6 Å². The lowest BCUT2D eigenvalue weighted by Crippen LogP contribution is -2.15. The average molecular weight is 348 g/mol. The third kappa shape index (κ3) is 4.16. The molecule has 26 heavy (non-hydrogen) atoms.